The van der Waals surface area contributed by atoms with E-state index in [1.807, 2.05) is 6.92 Å². The Kier molecular flexibility index (Phi) is 4.87. The molecule has 1 unspecified atom stereocenters. The average molecular weight is 291 g/mol. The molecule has 0 aromatic heterocycles. The first-order chi connectivity index (χ1) is 8.44. The Labute approximate surface area is 117 Å². The summed E-state index contributed by atoms with van der Waals surface area (Å²) in [5, 5.41) is 2.78. The summed E-state index contributed by atoms with van der Waals surface area (Å²) in [4.78, 5) is 12.0. The summed E-state index contributed by atoms with van der Waals surface area (Å²) < 4.78 is 26.1. The van der Waals surface area contributed by atoms with Gasteiger partial charge in [-0.1, -0.05) is 0 Å². The first kappa shape index (κ1) is 15.9. The van der Waals surface area contributed by atoms with Crippen molar-refractivity contribution in [1.82, 2.24) is 5.32 Å². The molecule has 1 aromatic rings. The molecule has 1 aliphatic rings. The van der Waals surface area contributed by atoms with Crippen LogP contribution >= 0.6 is 12.4 Å². The van der Waals surface area contributed by atoms with Gasteiger partial charge in [0.05, 0.1) is 5.54 Å². The summed E-state index contributed by atoms with van der Waals surface area (Å²) >= 11 is 0. The number of benzene rings is 1. The molecule has 0 saturated heterocycles. The minimum atomic E-state index is -0.763. The van der Waals surface area contributed by atoms with E-state index in [4.69, 9.17) is 5.73 Å². The molecule has 0 radical (unpaired) electrons. The Hall–Kier alpha value is -1.20. The summed E-state index contributed by atoms with van der Waals surface area (Å²) in [5.74, 6) is -1.67. The maximum Gasteiger partial charge on any atom is 0.251 e. The molecule has 3 N–H and O–H groups in total. The van der Waals surface area contributed by atoms with Gasteiger partial charge in [-0.2, -0.15) is 0 Å². The quantitative estimate of drug-likeness (QED) is 0.893. The van der Waals surface area contributed by atoms with Crippen molar-refractivity contribution in [2.45, 2.75) is 25.3 Å². The Morgan fingerprint density at radius 1 is 1.37 bits per heavy atom. The molecule has 0 heterocycles. The fourth-order valence-corrected chi connectivity index (χ4v) is 2.06. The molecule has 0 spiro atoms. The van der Waals surface area contributed by atoms with Gasteiger partial charge in [-0.15, -0.1) is 12.4 Å². The highest BCUT2D eigenvalue weighted by molar-refractivity contribution is 5.94. The molecule has 1 aromatic carbocycles. The number of halogens is 3. The Morgan fingerprint density at radius 3 is 2.32 bits per heavy atom. The van der Waals surface area contributed by atoms with Crippen LogP contribution < -0.4 is 11.1 Å². The summed E-state index contributed by atoms with van der Waals surface area (Å²) in [6, 6.07) is 2.77. The molecule has 0 bridgehead atoms. The van der Waals surface area contributed by atoms with Gasteiger partial charge < -0.3 is 11.1 Å². The molecule has 1 saturated carbocycles. The lowest BCUT2D eigenvalue weighted by Crippen LogP contribution is -2.53. The first-order valence-corrected chi connectivity index (χ1v) is 5.93. The number of nitrogens with one attached hydrogen (secondary N) is 1. The highest BCUT2D eigenvalue weighted by Crippen LogP contribution is 2.39. The van der Waals surface area contributed by atoms with Crippen molar-refractivity contribution in [1.29, 1.82) is 0 Å². The van der Waals surface area contributed by atoms with Gasteiger partial charge in [0.15, 0.2) is 0 Å². The van der Waals surface area contributed by atoms with Crippen molar-refractivity contribution in [3.63, 3.8) is 0 Å². The maximum absolute atomic E-state index is 13.0. The third-order valence-electron chi connectivity index (χ3n) is 3.43. The van der Waals surface area contributed by atoms with Crippen LogP contribution in [0.2, 0.25) is 0 Å². The lowest BCUT2D eigenvalue weighted by molar-refractivity contribution is 0.0897. The third kappa shape index (κ3) is 3.64. The van der Waals surface area contributed by atoms with Crippen molar-refractivity contribution >= 4 is 18.3 Å². The molecular weight excluding hydrogens is 274 g/mol. The SMILES string of the molecule is CC(CN)(NC(=O)c1cc(F)cc(F)c1)C1CC1.Cl. The molecule has 1 fully saturated rings. The summed E-state index contributed by atoms with van der Waals surface area (Å²) in [5.41, 5.74) is 5.15. The van der Waals surface area contributed by atoms with E-state index in [1.54, 1.807) is 0 Å². The molecule has 106 valence electrons. The van der Waals surface area contributed by atoms with Gasteiger partial charge >= 0.3 is 0 Å². The largest absolute Gasteiger partial charge is 0.345 e. The molecule has 3 nitrogen and oxygen atoms in total. The molecule has 2 rings (SSSR count). The second kappa shape index (κ2) is 5.84. The number of nitrogens with two attached hydrogens (primary N) is 1. The van der Waals surface area contributed by atoms with Crippen LogP contribution in [0.3, 0.4) is 0 Å². The van der Waals surface area contributed by atoms with Gasteiger partial charge in [-0.05, 0) is 37.8 Å². The van der Waals surface area contributed by atoms with Crippen LogP contribution in [0, 0.1) is 17.6 Å². The fraction of sp³-hybridized carbons (Fsp3) is 0.462. The number of carbonyl (C=O) groups is 1. The van der Waals surface area contributed by atoms with E-state index >= 15 is 0 Å². The zero-order chi connectivity index (χ0) is 13.3. The topological polar surface area (TPSA) is 55.1 Å². The van der Waals surface area contributed by atoms with Crippen LogP contribution in [0.4, 0.5) is 8.78 Å². The molecule has 1 atom stereocenters. The lowest BCUT2D eigenvalue weighted by atomic mass is 9.95. The number of hydrogen-bond acceptors (Lipinski definition) is 2. The van der Waals surface area contributed by atoms with Gasteiger partial charge in [-0.25, -0.2) is 8.78 Å². The molecule has 6 heteroatoms. The van der Waals surface area contributed by atoms with E-state index in [0.29, 0.717) is 12.5 Å². The highest BCUT2D eigenvalue weighted by atomic mass is 35.5. The average Bonchev–Trinajstić information content (AvgIpc) is 3.11. The van der Waals surface area contributed by atoms with E-state index < -0.39 is 23.1 Å². The van der Waals surface area contributed by atoms with E-state index in [1.165, 1.54) is 0 Å². The minimum Gasteiger partial charge on any atom is -0.345 e. The predicted octanol–water partition coefficient (Wildman–Crippen LogP) is 2.24. The van der Waals surface area contributed by atoms with E-state index in [2.05, 4.69) is 5.32 Å². The summed E-state index contributed by atoms with van der Waals surface area (Å²) in [6.07, 6.45) is 2.04. The van der Waals surface area contributed by atoms with Gasteiger partial charge in [0, 0.05) is 18.2 Å². The molecular formula is C13H17ClF2N2O. The Bertz CT molecular complexity index is 459. The smallest absolute Gasteiger partial charge is 0.251 e. The van der Waals surface area contributed by atoms with Crippen molar-refractivity contribution in [2.75, 3.05) is 6.54 Å². The van der Waals surface area contributed by atoms with E-state index in [0.717, 1.165) is 31.0 Å². The van der Waals surface area contributed by atoms with Crippen LogP contribution in [0.1, 0.15) is 30.1 Å². The van der Waals surface area contributed by atoms with Crippen molar-refractivity contribution in [2.24, 2.45) is 11.7 Å². The Morgan fingerprint density at radius 2 is 1.89 bits per heavy atom. The second-order valence-corrected chi connectivity index (χ2v) is 5.01. The second-order valence-electron chi connectivity index (χ2n) is 5.01. The van der Waals surface area contributed by atoms with Crippen LogP contribution in [-0.2, 0) is 0 Å². The third-order valence-corrected chi connectivity index (χ3v) is 3.43. The number of amides is 1. The van der Waals surface area contributed by atoms with Crippen LogP contribution in [0.25, 0.3) is 0 Å². The van der Waals surface area contributed by atoms with Gasteiger partial charge in [0.1, 0.15) is 11.6 Å². The van der Waals surface area contributed by atoms with Gasteiger partial charge in [0.2, 0.25) is 0 Å². The van der Waals surface area contributed by atoms with Crippen molar-refractivity contribution in [3.05, 3.63) is 35.4 Å². The van der Waals surface area contributed by atoms with Crippen molar-refractivity contribution < 1.29 is 13.6 Å². The minimum absolute atomic E-state index is 0. The molecule has 1 amide bonds. The predicted molar refractivity (Wildman–Crippen MR) is 71.3 cm³/mol. The highest BCUT2D eigenvalue weighted by Gasteiger charge is 2.41. The van der Waals surface area contributed by atoms with Crippen molar-refractivity contribution in [3.8, 4) is 0 Å². The Balaban J connectivity index is 0.00000180. The van der Waals surface area contributed by atoms with Crippen LogP contribution in [-0.4, -0.2) is 18.0 Å². The van der Waals surface area contributed by atoms with Crippen LogP contribution in [0.15, 0.2) is 18.2 Å². The monoisotopic (exact) mass is 290 g/mol. The number of rotatable bonds is 4. The number of carbonyl (C=O) groups excluding carboxylic acids is 1. The van der Waals surface area contributed by atoms with Crippen LogP contribution in [0.5, 0.6) is 0 Å². The van der Waals surface area contributed by atoms with Gasteiger partial charge in [-0.3, -0.25) is 4.79 Å². The lowest BCUT2D eigenvalue weighted by Gasteiger charge is -2.29. The fourth-order valence-electron chi connectivity index (χ4n) is 2.06. The number of hydrogen-bond donors (Lipinski definition) is 2. The summed E-state index contributed by atoms with van der Waals surface area (Å²) in [7, 11) is 0. The first-order valence-electron chi connectivity index (χ1n) is 5.93. The summed E-state index contributed by atoms with van der Waals surface area (Å²) in [6.45, 7) is 2.17. The van der Waals surface area contributed by atoms with E-state index in [9.17, 15) is 13.6 Å². The molecule has 1 aliphatic carbocycles. The maximum atomic E-state index is 13.0. The standard InChI is InChI=1S/C13H16F2N2O.ClH/c1-13(7-16,9-2-3-9)17-12(18)8-4-10(14)6-11(15)5-8;/h4-6,9H,2-3,7,16H2,1H3,(H,17,18);1H. The molecule has 19 heavy (non-hydrogen) atoms. The zero-order valence-corrected chi connectivity index (χ0v) is 11.4. The molecule has 0 aliphatic heterocycles. The zero-order valence-electron chi connectivity index (χ0n) is 10.6. The van der Waals surface area contributed by atoms with Gasteiger partial charge in [0.25, 0.3) is 5.91 Å². The van der Waals surface area contributed by atoms with E-state index in [-0.39, 0.29) is 18.0 Å². The normalized spacial score (nSPS) is 17.3.